The lowest BCUT2D eigenvalue weighted by Gasteiger charge is -2.19. The van der Waals surface area contributed by atoms with Crippen LogP contribution in [0.15, 0.2) is 0 Å². The van der Waals surface area contributed by atoms with Gasteiger partial charge in [0.1, 0.15) is 0 Å². The van der Waals surface area contributed by atoms with Gasteiger partial charge in [-0.3, -0.25) is 14.9 Å². The highest BCUT2D eigenvalue weighted by molar-refractivity contribution is 7.99. The number of hydrogen-bond acceptors (Lipinski definition) is 4. The van der Waals surface area contributed by atoms with Crippen molar-refractivity contribution in [3.63, 3.8) is 0 Å². The Balaban J connectivity index is 1.89. The van der Waals surface area contributed by atoms with Gasteiger partial charge in [0.25, 0.3) is 0 Å². The summed E-state index contributed by atoms with van der Waals surface area (Å²) in [5.74, 6) is 0.505. The molecular formula is C9H14N2O3S. The Kier molecular flexibility index (Phi) is 3.16. The predicted molar refractivity (Wildman–Crippen MR) is 56.6 cm³/mol. The van der Waals surface area contributed by atoms with E-state index >= 15 is 0 Å². The third kappa shape index (κ3) is 2.26. The second kappa shape index (κ2) is 4.40. The van der Waals surface area contributed by atoms with Crippen molar-refractivity contribution in [3.8, 4) is 0 Å². The Morgan fingerprint density at radius 1 is 1.47 bits per heavy atom. The van der Waals surface area contributed by atoms with Crippen molar-refractivity contribution in [2.75, 3.05) is 24.7 Å². The van der Waals surface area contributed by atoms with E-state index in [1.54, 1.807) is 16.7 Å². The summed E-state index contributed by atoms with van der Waals surface area (Å²) in [5, 5.41) is 11.9. The zero-order valence-electron chi connectivity index (χ0n) is 8.31. The number of carbonyl (C=O) groups is 2. The van der Waals surface area contributed by atoms with Gasteiger partial charge in [-0.1, -0.05) is 0 Å². The Morgan fingerprint density at radius 2 is 2.27 bits per heavy atom. The second-order valence-electron chi connectivity index (χ2n) is 3.88. The van der Waals surface area contributed by atoms with Crippen LogP contribution in [0.1, 0.15) is 6.42 Å². The summed E-state index contributed by atoms with van der Waals surface area (Å²) in [7, 11) is 0. The molecule has 2 saturated heterocycles. The van der Waals surface area contributed by atoms with Gasteiger partial charge in [0.2, 0.25) is 5.91 Å². The first-order chi connectivity index (χ1) is 7.18. The number of nitrogens with zero attached hydrogens (tertiary/aromatic N) is 1. The molecule has 2 N–H and O–H groups in total. The molecule has 2 fully saturated rings. The summed E-state index contributed by atoms with van der Waals surface area (Å²) in [6.07, 6.45) is 0.584. The molecule has 0 saturated carbocycles. The van der Waals surface area contributed by atoms with Crippen LogP contribution in [0, 0.1) is 5.92 Å². The summed E-state index contributed by atoms with van der Waals surface area (Å²) >= 11 is 1.70. The van der Waals surface area contributed by atoms with Gasteiger partial charge in [-0.15, -0.1) is 11.8 Å². The molecule has 0 aromatic rings. The molecule has 0 bridgehead atoms. The molecule has 1 amide bonds. The van der Waals surface area contributed by atoms with Crippen molar-refractivity contribution in [3.05, 3.63) is 0 Å². The lowest BCUT2D eigenvalue weighted by atomic mass is 10.1. The van der Waals surface area contributed by atoms with Crippen LogP contribution in [-0.4, -0.2) is 52.6 Å². The third-order valence-corrected chi connectivity index (χ3v) is 3.80. The highest BCUT2D eigenvalue weighted by Crippen LogP contribution is 2.19. The standard InChI is InChI=1S/C9H14N2O3S/c12-8(7-4-15-5-10-7)11-2-1-6(3-11)9(13)14/h6-7,10H,1-5H2,(H,13,14). The van der Waals surface area contributed by atoms with E-state index in [0.29, 0.717) is 19.5 Å². The molecule has 0 radical (unpaired) electrons. The molecule has 6 heteroatoms. The molecule has 2 rings (SSSR count). The minimum Gasteiger partial charge on any atom is -0.481 e. The highest BCUT2D eigenvalue weighted by atomic mass is 32.2. The van der Waals surface area contributed by atoms with Crippen molar-refractivity contribution in [1.82, 2.24) is 10.2 Å². The van der Waals surface area contributed by atoms with Crippen LogP contribution in [0.4, 0.5) is 0 Å². The predicted octanol–water partition coefficient (Wildman–Crippen LogP) is -0.418. The van der Waals surface area contributed by atoms with Crippen molar-refractivity contribution in [2.45, 2.75) is 12.5 Å². The first kappa shape index (κ1) is 10.8. The number of likely N-dealkylation sites (tertiary alicyclic amines) is 1. The molecule has 0 aliphatic carbocycles. The molecule has 2 unspecified atom stereocenters. The van der Waals surface area contributed by atoms with Crippen LogP contribution >= 0.6 is 11.8 Å². The number of carboxylic acids is 1. The van der Waals surface area contributed by atoms with E-state index in [1.807, 2.05) is 0 Å². The maximum Gasteiger partial charge on any atom is 0.308 e. The molecular weight excluding hydrogens is 216 g/mol. The first-order valence-corrected chi connectivity index (χ1v) is 6.16. The maximum absolute atomic E-state index is 11.9. The molecule has 15 heavy (non-hydrogen) atoms. The number of carbonyl (C=O) groups excluding carboxylic acids is 1. The molecule has 0 spiro atoms. The minimum absolute atomic E-state index is 0.0590. The van der Waals surface area contributed by atoms with E-state index in [-0.39, 0.29) is 17.9 Å². The van der Waals surface area contributed by atoms with Crippen molar-refractivity contribution < 1.29 is 14.7 Å². The van der Waals surface area contributed by atoms with E-state index in [0.717, 1.165) is 11.6 Å². The fourth-order valence-electron chi connectivity index (χ4n) is 1.94. The van der Waals surface area contributed by atoms with E-state index in [9.17, 15) is 9.59 Å². The lowest BCUT2D eigenvalue weighted by Crippen LogP contribution is -2.44. The van der Waals surface area contributed by atoms with Crippen LogP contribution in [0.5, 0.6) is 0 Å². The fourth-order valence-corrected chi connectivity index (χ4v) is 2.87. The second-order valence-corrected chi connectivity index (χ2v) is 4.91. The van der Waals surface area contributed by atoms with Crippen LogP contribution < -0.4 is 5.32 Å². The van der Waals surface area contributed by atoms with Crippen LogP contribution in [-0.2, 0) is 9.59 Å². The van der Waals surface area contributed by atoms with Gasteiger partial charge < -0.3 is 10.0 Å². The van der Waals surface area contributed by atoms with Gasteiger partial charge in [-0.25, -0.2) is 0 Å². The summed E-state index contributed by atoms with van der Waals surface area (Å²) < 4.78 is 0. The molecule has 0 aromatic carbocycles. The maximum atomic E-state index is 11.9. The monoisotopic (exact) mass is 230 g/mol. The highest BCUT2D eigenvalue weighted by Gasteiger charge is 2.34. The number of thioether (sulfide) groups is 1. The summed E-state index contributed by atoms with van der Waals surface area (Å²) in [6, 6.07) is -0.109. The van der Waals surface area contributed by atoms with Crippen LogP contribution in [0.2, 0.25) is 0 Å². The fraction of sp³-hybridized carbons (Fsp3) is 0.778. The summed E-state index contributed by atoms with van der Waals surface area (Å²) in [5.41, 5.74) is 0. The number of carboxylic acid groups (broad SMARTS) is 1. The number of rotatable bonds is 2. The smallest absolute Gasteiger partial charge is 0.308 e. The molecule has 84 valence electrons. The van der Waals surface area contributed by atoms with Gasteiger partial charge in [-0.05, 0) is 6.42 Å². The summed E-state index contributed by atoms with van der Waals surface area (Å²) in [6.45, 7) is 0.954. The number of amides is 1. The van der Waals surface area contributed by atoms with E-state index in [4.69, 9.17) is 5.11 Å². The van der Waals surface area contributed by atoms with E-state index in [1.165, 1.54) is 0 Å². The van der Waals surface area contributed by atoms with Gasteiger partial charge in [0.05, 0.1) is 12.0 Å². The van der Waals surface area contributed by atoms with Gasteiger partial charge in [0, 0.05) is 24.7 Å². The van der Waals surface area contributed by atoms with Gasteiger partial charge >= 0.3 is 5.97 Å². The largest absolute Gasteiger partial charge is 0.481 e. The lowest BCUT2D eigenvalue weighted by molar-refractivity contribution is -0.141. The Bertz CT molecular complexity index is 279. The SMILES string of the molecule is O=C(O)C1CCN(C(=O)C2CSCN2)C1. The first-order valence-electron chi connectivity index (χ1n) is 5.01. The quantitative estimate of drug-likeness (QED) is 0.674. The van der Waals surface area contributed by atoms with Gasteiger partial charge in [0.15, 0.2) is 0 Å². The van der Waals surface area contributed by atoms with Crippen molar-refractivity contribution >= 4 is 23.6 Å². The normalized spacial score (nSPS) is 30.8. The third-order valence-electron chi connectivity index (χ3n) is 2.86. The molecule has 2 heterocycles. The Hall–Kier alpha value is -0.750. The minimum atomic E-state index is -0.793. The Labute approximate surface area is 92.2 Å². The van der Waals surface area contributed by atoms with Crippen molar-refractivity contribution in [2.24, 2.45) is 5.92 Å². The molecule has 2 atom stereocenters. The molecule has 0 aromatic heterocycles. The van der Waals surface area contributed by atoms with Crippen molar-refractivity contribution in [1.29, 1.82) is 0 Å². The molecule has 2 aliphatic rings. The number of aliphatic carboxylic acids is 1. The zero-order chi connectivity index (χ0) is 10.8. The van der Waals surface area contributed by atoms with E-state index in [2.05, 4.69) is 5.32 Å². The van der Waals surface area contributed by atoms with Crippen LogP contribution in [0.3, 0.4) is 0 Å². The Morgan fingerprint density at radius 3 is 2.80 bits per heavy atom. The topological polar surface area (TPSA) is 69.6 Å². The van der Waals surface area contributed by atoms with E-state index < -0.39 is 5.97 Å². The zero-order valence-corrected chi connectivity index (χ0v) is 9.13. The number of nitrogens with one attached hydrogen (secondary N) is 1. The average Bonchev–Trinajstić information content (AvgIpc) is 2.88. The average molecular weight is 230 g/mol. The van der Waals surface area contributed by atoms with Crippen LogP contribution in [0.25, 0.3) is 0 Å². The molecule has 5 nitrogen and oxygen atoms in total. The molecule has 2 aliphatic heterocycles. The summed E-state index contributed by atoms with van der Waals surface area (Å²) in [4.78, 5) is 24.3. The number of hydrogen-bond donors (Lipinski definition) is 2. The van der Waals surface area contributed by atoms with Gasteiger partial charge in [-0.2, -0.15) is 0 Å².